The lowest BCUT2D eigenvalue weighted by Crippen LogP contribution is -2.29. The molecule has 3 aromatic rings. The monoisotopic (exact) mass is 336 g/mol. The van der Waals surface area contributed by atoms with Crippen LogP contribution in [0, 0.1) is 0 Å². The van der Waals surface area contributed by atoms with Crippen molar-refractivity contribution in [3.05, 3.63) is 83.1 Å². The third kappa shape index (κ3) is 2.77. The van der Waals surface area contributed by atoms with E-state index in [-0.39, 0.29) is 7.92 Å². The minimum absolute atomic E-state index is 0.326. The Bertz CT molecular complexity index is 689. The minimum atomic E-state index is -0.376. The maximum Gasteiger partial charge on any atom is 0.0328 e. The number of rotatable bonds is 4. The fraction of sp³-hybridized carbons (Fsp3) is 0.238. The van der Waals surface area contributed by atoms with Gasteiger partial charge in [-0.15, -0.1) is 11.3 Å². The van der Waals surface area contributed by atoms with Crippen molar-refractivity contribution < 1.29 is 0 Å². The Morgan fingerprint density at radius 2 is 1.26 bits per heavy atom. The second-order valence-corrected chi connectivity index (χ2v) is 9.73. The van der Waals surface area contributed by atoms with Crippen LogP contribution in [0.1, 0.15) is 30.6 Å². The second kappa shape index (κ2) is 6.59. The molecule has 0 radical (unpaired) electrons. The normalized spacial score (nSPS) is 16.7. The van der Waals surface area contributed by atoms with E-state index in [1.165, 1.54) is 36.3 Å². The summed E-state index contributed by atoms with van der Waals surface area (Å²) in [4.78, 5) is 1.59. The van der Waals surface area contributed by atoms with E-state index in [1.807, 2.05) is 11.3 Å². The molecule has 0 saturated heterocycles. The van der Waals surface area contributed by atoms with Gasteiger partial charge < -0.3 is 0 Å². The van der Waals surface area contributed by atoms with Gasteiger partial charge in [0.2, 0.25) is 0 Å². The van der Waals surface area contributed by atoms with E-state index < -0.39 is 0 Å². The first kappa shape index (κ1) is 15.1. The zero-order valence-corrected chi connectivity index (χ0v) is 14.9. The van der Waals surface area contributed by atoms with Crippen LogP contribution in [0.25, 0.3) is 0 Å². The Morgan fingerprint density at radius 3 is 1.74 bits per heavy atom. The summed E-state index contributed by atoms with van der Waals surface area (Å²) in [6, 6.07) is 27.0. The van der Waals surface area contributed by atoms with Gasteiger partial charge in [0.25, 0.3) is 0 Å². The highest BCUT2D eigenvalue weighted by atomic mass is 32.1. The van der Waals surface area contributed by atoms with Crippen LogP contribution in [0.3, 0.4) is 0 Å². The van der Waals surface area contributed by atoms with E-state index in [1.54, 1.807) is 4.88 Å². The zero-order chi connectivity index (χ0) is 15.5. The van der Waals surface area contributed by atoms with Crippen molar-refractivity contribution in [2.45, 2.75) is 30.8 Å². The molecule has 1 aliphatic carbocycles. The lowest BCUT2D eigenvalue weighted by atomic mass is 10.1. The molecule has 23 heavy (non-hydrogen) atoms. The van der Waals surface area contributed by atoms with Crippen molar-refractivity contribution in [2.75, 3.05) is 0 Å². The Hall–Kier alpha value is -1.43. The van der Waals surface area contributed by atoms with Crippen LogP contribution in [0.2, 0.25) is 0 Å². The first-order valence-corrected chi connectivity index (χ1v) is 10.6. The van der Waals surface area contributed by atoms with Gasteiger partial charge >= 0.3 is 0 Å². The lowest BCUT2D eigenvalue weighted by molar-refractivity contribution is 0.656. The SMILES string of the molecule is c1ccc(P(c2ccccc2)C2(c3cccs3)CCCC2)cc1. The molecule has 116 valence electrons. The van der Waals surface area contributed by atoms with Gasteiger partial charge in [-0.05, 0) is 42.8 Å². The molecule has 0 aliphatic heterocycles. The average Bonchev–Trinajstić information content (AvgIpc) is 3.30. The van der Waals surface area contributed by atoms with Crippen molar-refractivity contribution >= 4 is 29.9 Å². The molecule has 0 bridgehead atoms. The molecule has 0 spiro atoms. The predicted octanol–water partition coefficient (Wildman–Crippen LogP) is 5.65. The van der Waals surface area contributed by atoms with E-state index in [0.29, 0.717) is 5.16 Å². The quantitative estimate of drug-likeness (QED) is 0.540. The van der Waals surface area contributed by atoms with Crippen molar-refractivity contribution in [2.24, 2.45) is 0 Å². The summed E-state index contributed by atoms with van der Waals surface area (Å²) in [5.41, 5.74) is 0. The number of thiophene rings is 1. The minimum Gasteiger partial charge on any atom is -0.148 e. The molecule has 1 saturated carbocycles. The van der Waals surface area contributed by atoms with Crippen LogP contribution in [-0.2, 0) is 5.16 Å². The Labute approximate surface area is 144 Å². The van der Waals surface area contributed by atoms with E-state index in [4.69, 9.17) is 0 Å². The third-order valence-corrected chi connectivity index (χ3v) is 9.27. The molecule has 0 nitrogen and oxygen atoms in total. The van der Waals surface area contributed by atoms with Gasteiger partial charge in [0.15, 0.2) is 0 Å². The maximum absolute atomic E-state index is 2.37. The standard InChI is InChI=1S/C21H21PS/c1-3-10-18(11-4-1)22(19-12-5-2-6-13-19)21(15-7-8-16-21)20-14-9-17-23-20/h1-6,9-14,17H,7-8,15-16H2. The molecule has 1 fully saturated rings. The molecule has 0 amide bonds. The van der Waals surface area contributed by atoms with Crippen LogP contribution in [0.5, 0.6) is 0 Å². The summed E-state index contributed by atoms with van der Waals surface area (Å²) in [7, 11) is -0.376. The van der Waals surface area contributed by atoms with Gasteiger partial charge in [0.1, 0.15) is 0 Å². The summed E-state index contributed by atoms with van der Waals surface area (Å²) in [6.45, 7) is 0. The van der Waals surface area contributed by atoms with Crippen LogP contribution >= 0.6 is 19.3 Å². The number of benzene rings is 2. The summed E-state index contributed by atoms with van der Waals surface area (Å²) in [5.74, 6) is 0. The largest absolute Gasteiger partial charge is 0.148 e. The van der Waals surface area contributed by atoms with Crippen LogP contribution in [0.15, 0.2) is 78.2 Å². The first-order valence-electron chi connectivity index (χ1n) is 8.34. The fourth-order valence-electron chi connectivity index (χ4n) is 3.88. The molecule has 2 aromatic carbocycles. The molecular formula is C21H21PS. The molecule has 1 aliphatic rings. The average molecular weight is 336 g/mol. The van der Waals surface area contributed by atoms with Crippen molar-refractivity contribution in [1.82, 2.24) is 0 Å². The smallest absolute Gasteiger partial charge is 0.0328 e. The van der Waals surface area contributed by atoms with Crippen molar-refractivity contribution in [3.8, 4) is 0 Å². The van der Waals surface area contributed by atoms with Crippen molar-refractivity contribution in [3.63, 3.8) is 0 Å². The van der Waals surface area contributed by atoms with Crippen molar-refractivity contribution in [1.29, 1.82) is 0 Å². The highest BCUT2D eigenvalue weighted by molar-refractivity contribution is 7.74. The number of hydrogen-bond acceptors (Lipinski definition) is 1. The molecule has 0 unspecified atom stereocenters. The van der Waals surface area contributed by atoms with Gasteiger partial charge in [0.05, 0.1) is 0 Å². The first-order chi connectivity index (χ1) is 11.4. The van der Waals surface area contributed by atoms with Gasteiger partial charge in [-0.25, -0.2) is 0 Å². The molecule has 4 rings (SSSR count). The predicted molar refractivity (Wildman–Crippen MR) is 104 cm³/mol. The second-order valence-electron chi connectivity index (χ2n) is 6.22. The highest BCUT2D eigenvalue weighted by Crippen LogP contribution is 2.63. The molecular weight excluding hydrogens is 315 g/mol. The van der Waals surface area contributed by atoms with E-state index in [9.17, 15) is 0 Å². The summed E-state index contributed by atoms with van der Waals surface area (Å²) in [6.07, 6.45) is 5.36. The summed E-state index contributed by atoms with van der Waals surface area (Å²) < 4.78 is 0. The molecule has 1 heterocycles. The van der Waals surface area contributed by atoms with Crippen LogP contribution in [-0.4, -0.2) is 0 Å². The van der Waals surface area contributed by atoms with Gasteiger partial charge in [-0.2, -0.15) is 0 Å². The molecule has 1 aromatic heterocycles. The maximum atomic E-state index is 2.37. The molecule has 2 heteroatoms. The zero-order valence-electron chi connectivity index (χ0n) is 13.2. The number of hydrogen-bond donors (Lipinski definition) is 0. The van der Waals surface area contributed by atoms with Gasteiger partial charge in [-0.3, -0.25) is 0 Å². The van der Waals surface area contributed by atoms with Crippen LogP contribution in [0.4, 0.5) is 0 Å². The van der Waals surface area contributed by atoms with E-state index in [0.717, 1.165) is 0 Å². The van der Waals surface area contributed by atoms with Gasteiger partial charge in [0, 0.05) is 10.0 Å². The van der Waals surface area contributed by atoms with Gasteiger partial charge in [-0.1, -0.05) is 79.6 Å². The van der Waals surface area contributed by atoms with Crippen LogP contribution < -0.4 is 10.6 Å². The Morgan fingerprint density at radius 1 is 0.696 bits per heavy atom. The third-order valence-electron chi connectivity index (χ3n) is 4.87. The Balaban J connectivity index is 1.90. The Kier molecular flexibility index (Phi) is 4.33. The topological polar surface area (TPSA) is 0 Å². The molecule has 0 atom stereocenters. The summed E-state index contributed by atoms with van der Waals surface area (Å²) >= 11 is 1.95. The van der Waals surface area contributed by atoms with E-state index >= 15 is 0 Å². The fourth-order valence-corrected chi connectivity index (χ4v) is 8.48. The molecule has 0 N–H and O–H groups in total. The van der Waals surface area contributed by atoms with E-state index in [2.05, 4.69) is 78.2 Å². The summed E-state index contributed by atoms with van der Waals surface area (Å²) in [5, 5.41) is 5.61. The highest BCUT2D eigenvalue weighted by Gasteiger charge is 2.44. The lowest BCUT2D eigenvalue weighted by Gasteiger charge is -2.38.